The lowest BCUT2D eigenvalue weighted by atomic mass is 9.98. The molecule has 0 saturated heterocycles. The van der Waals surface area contributed by atoms with Gasteiger partial charge in [-0.2, -0.15) is 0 Å². The third kappa shape index (κ3) is 4.33. The Morgan fingerprint density at radius 2 is 1.59 bits per heavy atom. The first-order valence-electron chi connectivity index (χ1n) is 11.0. The highest BCUT2D eigenvalue weighted by molar-refractivity contribution is 5.93. The van der Waals surface area contributed by atoms with E-state index in [1.807, 2.05) is 50.2 Å². The zero-order chi connectivity index (χ0) is 22.9. The van der Waals surface area contributed by atoms with Crippen LogP contribution in [0, 0.1) is 5.92 Å². The summed E-state index contributed by atoms with van der Waals surface area (Å²) in [6.45, 7) is 3.88. The summed E-state index contributed by atoms with van der Waals surface area (Å²) in [6, 6.07) is 15.7. The van der Waals surface area contributed by atoms with Crippen molar-refractivity contribution in [1.82, 2.24) is 10.6 Å². The van der Waals surface area contributed by atoms with Crippen LogP contribution >= 0.6 is 0 Å². The zero-order valence-electron chi connectivity index (χ0n) is 18.3. The number of ether oxygens (including phenoxy) is 1. The molecule has 0 aliphatic heterocycles. The molecule has 7 heteroatoms. The van der Waals surface area contributed by atoms with E-state index < -0.39 is 23.6 Å². The van der Waals surface area contributed by atoms with E-state index in [1.54, 1.807) is 0 Å². The molecule has 2 amide bonds. The van der Waals surface area contributed by atoms with Gasteiger partial charge in [0.1, 0.15) is 12.1 Å². The SMILES string of the molecule is CC(C)C(CC(=O)O)NC(=O)C1(NC(=O)OCC2c3ccccc3-c3ccccc32)CC1. The smallest absolute Gasteiger partial charge is 0.408 e. The number of carboxylic acid groups (broad SMARTS) is 1. The molecule has 168 valence electrons. The molecule has 2 aromatic carbocycles. The Balaban J connectivity index is 1.38. The van der Waals surface area contributed by atoms with Crippen molar-refractivity contribution in [3.63, 3.8) is 0 Å². The minimum atomic E-state index is -1.02. The summed E-state index contributed by atoms with van der Waals surface area (Å²) in [5, 5.41) is 14.6. The summed E-state index contributed by atoms with van der Waals surface area (Å²) in [5.74, 6) is -1.43. The Kier molecular flexibility index (Phi) is 5.91. The van der Waals surface area contributed by atoms with Crippen molar-refractivity contribution in [3.05, 3.63) is 59.7 Å². The Morgan fingerprint density at radius 3 is 2.09 bits per heavy atom. The van der Waals surface area contributed by atoms with E-state index in [-0.39, 0.29) is 30.8 Å². The fourth-order valence-electron chi connectivity index (χ4n) is 4.31. The Hall–Kier alpha value is -3.35. The van der Waals surface area contributed by atoms with Crippen LogP contribution < -0.4 is 10.6 Å². The number of hydrogen-bond acceptors (Lipinski definition) is 4. The molecule has 2 aromatic rings. The Morgan fingerprint density at radius 1 is 1.03 bits per heavy atom. The second-order valence-electron chi connectivity index (χ2n) is 8.95. The van der Waals surface area contributed by atoms with Crippen LogP contribution in [0.3, 0.4) is 0 Å². The fraction of sp³-hybridized carbons (Fsp3) is 0.400. The summed E-state index contributed by atoms with van der Waals surface area (Å²) in [7, 11) is 0. The minimum Gasteiger partial charge on any atom is -0.481 e. The van der Waals surface area contributed by atoms with Crippen LogP contribution in [0.2, 0.25) is 0 Å². The molecule has 0 heterocycles. The van der Waals surface area contributed by atoms with Crippen molar-refractivity contribution in [3.8, 4) is 11.1 Å². The number of fused-ring (bicyclic) bond motifs is 3. The number of benzene rings is 2. The number of amides is 2. The van der Waals surface area contributed by atoms with E-state index >= 15 is 0 Å². The van der Waals surface area contributed by atoms with Crippen LogP contribution in [0.5, 0.6) is 0 Å². The van der Waals surface area contributed by atoms with Crippen molar-refractivity contribution in [1.29, 1.82) is 0 Å². The molecule has 1 atom stereocenters. The highest BCUT2D eigenvalue weighted by atomic mass is 16.5. The molecule has 32 heavy (non-hydrogen) atoms. The van der Waals surface area contributed by atoms with Gasteiger partial charge in [0.25, 0.3) is 0 Å². The maximum Gasteiger partial charge on any atom is 0.408 e. The lowest BCUT2D eigenvalue weighted by Crippen LogP contribution is -2.53. The molecule has 0 bridgehead atoms. The quantitative estimate of drug-likeness (QED) is 0.586. The standard InChI is InChI=1S/C25H28N2O5/c1-15(2)21(13-22(28)29)26-23(30)25(11-12-25)27-24(31)32-14-20-18-9-5-3-7-16(18)17-8-4-6-10-19(17)20/h3-10,15,20-21H,11-14H2,1-2H3,(H,26,30)(H,27,31)(H,28,29). The van der Waals surface area contributed by atoms with Crippen LogP contribution in [-0.4, -0.2) is 41.3 Å². The van der Waals surface area contributed by atoms with Gasteiger partial charge in [0.2, 0.25) is 5.91 Å². The maximum atomic E-state index is 12.8. The lowest BCUT2D eigenvalue weighted by Gasteiger charge is -2.24. The summed E-state index contributed by atoms with van der Waals surface area (Å²) in [5.41, 5.74) is 3.51. The summed E-state index contributed by atoms with van der Waals surface area (Å²) < 4.78 is 5.56. The van der Waals surface area contributed by atoms with Crippen molar-refractivity contribution in [2.45, 2.75) is 50.6 Å². The monoisotopic (exact) mass is 436 g/mol. The molecule has 2 aliphatic carbocycles. The molecule has 0 spiro atoms. The lowest BCUT2D eigenvalue weighted by molar-refractivity contribution is -0.138. The first-order chi connectivity index (χ1) is 15.3. The number of rotatable bonds is 8. The van der Waals surface area contributed by atoms with Gasteiger partial charge in [0, 0.05) is 12.0 Å². The van der Waals surface area contributed by atoms with Crippen molar-refractivity contribution in [2.24, 2.45) is 5.92 Å². The molecule has 0 aromatic heterocycles. The number of alkyl carbamates (subject to hydrolysis) is 1. The number of carbonyl (C=O) groups is 3. The number of carboxylic acids is 1. The Bertz CT molecular complexity index is 999. The number of aliphatic carboxylic acids is 1. The largest absolute Gasteiger partial charge is 0.481 e. The maximum absolute atomic E-state index is 12.8. The highest BCUT2D eigenvalue weighted by Gasteiger charge is 2.52. The molecule has 4 rings (SSSR count). The number of carbonyl (C=O) groups excluding carboxylic acids is 2. The fourth-order valence-corrected chi connectivity index (χ4v) is 4.31. The van der Waals surface area contributed by atoms with Gasteiger partial charge in [0.15, 0.2) is 0 Å². The normalized spacial score (nSPS) is 16.6. The van der Waals surface area contributed by atoms with E-state index in [9.17, 15) is 14.4 Å². The van der Waals surface area contributed by atoms with E-state index in [4.69, 9.17) is 9.84 Å². The molecular weight excluding hydrogens is 408 g/mol. The third-order valence-corrected chi connectivity index (χ3v) is 6.39. The third-order valence-electron chi connectivity index (χ3n) is 6.39. The summed E-state index contributed by atoms with van der Waals surface area (Å²) in [6.07, 6.45) is 0.200. The second kappa shape index (κ2) is 8.65. The zero-order valence-corrected chi connectivity index (χ0v) is 18.3. The molecular formula is C25H28N2O5. The van der Waals surface area contributed by atoms with E-state index in [1.165, 1.54) is 0 Å². The van der Waals surface area contributed by atoms with Crippen molar-refractivity contribution in [2.75, 3.05) is 6.61 Å². The average Bonchev–Trinajstić information content (AvgIpc) is 3.47. The molecule has 7 nitrogen and oxygen atoms in total. The number of hydrogen-bond donors (Lipinski definition) is 3. The van der Waals surface area contributed by atoms with Crippen molar-refractivity contribution >= 4 is 18.0 Å². The molecule has 1 unspecified atom stereocenters. The first kappa shape index (κ1) is 21.9. The Labute approximate surface area is 187 Å². The minimum absolute atomic E-state index is 0.0414. The van der Waals surface area contributed by atoms with Gasteiger partial charge in [-0.05, 0) is 41.0 Å². The van der Waals surface area contributed by atoms with E-state index in [0.29, 0.717) is 12.8 Å². The van der Waals surface area contributed by atoms with Gasteiger partial charge in [-0.3, -0.25) is 9.59 Å². The van der Waals surface area contributed by atoms with Gasteiger partial charge in [-0.15, -0.1) is 0 Å². The van der Waals surface area contributed by atoms with Gasteiger partial charge < -0.3 is 20.5 Å². The first-order valence-corrected chi connectivity index (χ1v) is 11.0. The van der Waals surface area contributed by atoms with Crippen LogP contribution in [0.4, 0.5) is 4.79 Å². The second-order valence-corrected chi connectivity index (χ2v) is 8.95. The predicted molar refractivity (Wildman–Crippen MR) is 119 cm³/mol. The summed E-state index contributed by atoms with van der Waals surface area (Å²) >= 11 is 0. The van der Waals surface area contributed by atoms with E-state index in [2.05, 4.69) is 22.8 Å². The molecule has 1 fully saturated rings. The van der Waals surface area contributed by atoms with Gasteiger partial charge >= 0.3 is 12.1 Å². The van der Waals surface area contributed by atoms with Crippen LogP contribution in [-0.2, 0) is 14.3 Å². The van der Waals surface area contributed by atoms with Crippen molar-refractivity contribution < 1.29 is 24.2 Å². The predicted octanol–water partition coefficient (Wildman–Crippen LogP) is 3.67. The topological polar surface area (TPSA) is 105 Å². The molecule has 0 radical (unpaired) electrons. The highest BCUT2D eigenvalue weighted by Crippen LogP contribution is 2.44. The van der Waals surface area contributed by atoms with Gasteiger partial charge in [-0.1, -0.05) is 62.4 Å². The molecule has 1 saturated carbocycles. The van der Waals surface area contributed by atoms with Crippen LogP contribution in [0.1, 0.15) is 50.2 Å². The average molecular weight is 437 g/mol. The molecule has 3 N–H and O–H groups in total. The summed E-state index contributed by atoms with van der Waals surface area (Å²) in [4.78, 5) is 36.4. The van der Waals surface area contributed by atoms with Gasteiger partial charge in [0.05, 0.1) is 6.42 Å². The van der Waals surface area contributed by atoms with E-state index in [0.717, 1.165) is 22.3 Å². The van der Waals surface area contributed by atoms with Gasteiger partial charge in [-0.25, -0.2) is 4.79 Å². The van der Waals surface area contributed by atoms with Crippen LogP contribution in [0.25, 0.3) is 11.1 Å². The number of nitrogens with one attached hydrogen (secondary N) is 2. The van der Waals surface area contributed by atoms with Crippen LogP contribution in [0.15, 0.2) is 48.5 Å². The molecule has 2 aliphatic rings.